The molecule has 18 heavy (non-hydrogen) atoms. The highest BCUT2D eigenvalue weighted by molar-refractivity contribution is 5.74. The van der Waals surface area contributed by atoms with Gasteiger partial charge < -0.3 is 5.73 Å². The minimum Gasteiger partial charge on any atom is -0.383 e. The van der Waals surface area contributed by atoms with Gasteiger partial charge in [0.25, 0.3) is 0 Å². The first-order valence-corrected chi connectivity index (χ1v) is 6.26. The van der Waals surface area contributed by atoms with E-state index in [-0.39, 0.29) is 5.82 Å². The molecule has 1 aliphatic carbocycles. The van der Waals surface area contributed by atoms with Gasteiger partial charge in [-0.25, -0.2) is 4.39 Å². The van der Waals surface area contributed by atoms with Crippen LogP contribution < -0.4 is 5.73 Å². The molecule has 0 aliphatic heterocycles. The van der Waals surface area contributed by atoms with Gasteiger partial charge in [0.2, 0.25) is 0 Å². The van der Waals surface area contributed by atoms with Crippen molar-refractivity contribution in [2.75, 3.05) is 5.73 Å². The average Bonchev–Trinajstić information content (AvgIpc) is 2.69. The van der Waals surface area contributed by atoms with Gasteiger partial charge in [0.05, 0.1) is 6.20 Å². The fraction of sp³-hybridized carbons (Fsp3) is 0.357. The van der Waals surface area contributed by atoms with Gasteiger partial charge in [-0.3, -0.25) is 4.68 Å². The number of hydrogen-bond donors (Lipinski definition) is 1. The predicted octanol–water partition coefficient (Wildman–Crippen LogP) is 2.69. The fourth-order valence-electron chi connectivity index (χ4n) is 2.62. The molecule has 1 aromatic heterocycles. The Bertz CT molecular complexity index is 601. The highest BCUT2D eigenvalue weighted by Crippen LogP contribution is 2.32. The summed E-state index contributed by atoms with van der Waals surface area (Å²) in [4.78, 5) is 0. The van der Waals surface area contributed by atoms with Gasteiger partial charge in [-0.15, -0.1) is 0 Å². The molecule has 0 atom stereocenters. The Morgan fingerprint density at radius 1 is 1.17 bits per heavy atom. The van der Waals surface area contributed by atoms with E-state index in [0.29, 0.717) is 16.9 Å². The summed E-state index contributed by atoms with van der Waals surface area (Å²) in [5.41, 5.74) is 9.56. The van der Waals surface area contributed by atoms with Crippen LogP contribution in [0.15, 0.2) is 18.3 Å². The lowest BCUT2D eigenvalue weighted by Crippen LogP contribution is -2.04. The minimum absolute atomic E-state index is 0.199. The van der Waals surface area contributed by atoms with Crippen LogP contribution in [-0.2, 0) is 19.9 Å². The van der Waals surface area contributed by atoms with Crippen molar-refractivity contribution in [3.63, 3.8) is 0 Å². The van der Waals surface area contributed by atoms with Crippen molar-refractivity contribution in [3.8, 4) is 11.1 Å². The first kappa shape index (κ1) is 11.3. The molecule has 0 fully saturated rings. The maximum atomic E-state index is 14.2. The van der Waals surface area contributed by atoms with Crippen LogP contribution in [-0.4, -0.2) is 9.78 Å². The number of rotatable bonds is 1. The normalized spacial score (nSPS) is 14.6. The maximum absolute atomic E-state index is 14.2. The molecular weight excluding hydrogens is 229 g/mol. The monoisotopic (exact) mass is 245 g/mol. The number of halogens is 1. The molecule has 1 aromatic carbocycles. The Morgan fingerprint density at radius 2 is 1.83 bits per heavy atom. The summed E-state index contributed by atoms with van der Waals surface area (Å²) >= 11 is 0. The van der Waals surface area contributed by atoms with Crippen LogP contribution in [0.3, 0.4) is 0 Å². The SMILES string of the molecule is Cn1ncc(-c2cc3c(cc2F)CCCC3)c1N. The number of aryl methyl sites for hydroxylation is 3. The van der Waals surface area contributed by atoms with Crippen LogP contribution in [0.4, 0.5) is 10.2 Å². The van der Waals surface area contributed by atoms with Crippen LogP contribution in [0.25, 0.3) is 11.1 Å². The van der Waals surface area contributed by atoms with Crippen molar-refractivity contribution in [2.24, 2.45) is 7.05 Å². The number of fused-ring (bicyclic) bond motifs is 1. The largest absolute Gasteiger partial charge is 0.383 e. The lowest BCUT2D eigenvalue weighted by atomic mass is 9.89. The Kier molecular flexibility index (Phi) is 2.58. The molecule has 0 amide bonds. The van der Waals surface area contributed by atoms with Gasteiger partial charge in [0.1, 0.15) is 11.6 Å². The summed E-state index contributed by atoms with van der Waals surface area (Å²) in [6.45, 7) is 0. The van der Waals surface area contributed by atoms with Crippen LogP contribution >= 0.6 is 0 Å². The summed E-state index contributed by atoms with van der Waals surface area (Å²) in [6.07, 6.45) is 5.97. The van der Waals surface area contributed by atoms with E-state index in [0.717, 1.165) is 24.8 Å². The zero-order valence-corrected chi connectivity index (χ0v) is 10.4. The summed E-state index contributed by atoms with van der Waals surface area (Å²) in [6, 6.07) is 3.60. The molecule has 1 aliphatic rings. The molecule has 3 rings (SSSR count). The number of benzene rings is 1. The van der Waals surface area contributed by atoms with Gasteiger partial charge in [-0.1, -0.05) is 0 Å². The standard InChI is InChI=1S/C14H16FN3/c1-18-14(16)12(8-17-18)11-6-9-4-2-3-5-10(9)7-13(11)15/h6-8H,2-5,16H2,1H3. The zero-order valence-electron chi connectivity index (χ0n) is 10.4. The molecule has 0 radical (unpaired) electrons. The summed E-state index contributed by atoms with van der Waals surface area (Å²) in [5, 5.41) is 4.07. The number of nitrogen functional groups attached to an aromatic ring is 1. The van der Waals surface area contributed by atoms with Crippen molar-refractivity contribution in [2.45, 2.75) is 25.7 Å². The van der Waals surface area contributed by atoms with Gasteiger partial charge >= 0.3 is 0 Å². The second-order valence-electron chi connectivity index (χ2n) is 4.87. The van der Waals surface area contributed by atoms with E-state index >= 15 is 0 Å². The van der Waals surface area contributed by atoms with Gasteiger partial charge in [0.15, 0.2) is 0 Å². The lowest BCUT2D eigenvalue weighted by Gasteiger charge is -2.17. The van der Waals surface area contributed by atoms with Crippen LogP contribution in [0.1, 0.15) is 24.0 Å². The van der Waals surface area contributed by atoms with E-state index in [1.54, 1.807) is 24.0 Å². The average molecular weight is 245 g/mol. The van der Waals surface area contributed by atoms with E-state index in [2.05, 4.69) is 5.10 Å². The molecule has 4 heteroatoms. The van der Waals surface area contributed by atoms with Crippen LogP contribution in [0.2, 0.25) is 0 Å². The Hall–Kier alpha value is -1.84. The Labute approximate surface area is 105 Å². The highest BCUT2D eigenvalue weighted by atomic mass is 19.1. The number of nitrogens with two attached hydrogens (primary N) is 1. The maximum Gasteiger partial charge on any atom is 0.131 e. The fourth-order valence-corrected chi connectivity index (χ4v) is 2.62. The van der Waals surface area contributed by atoms with E-state index in [1.165, 1.54) is 12.0 Å². The molecule has 0 bridgehead atoms. The van der Waals surface area contributed by atoms with Crippen molar-refractivity contribution in [1.29, 1.82) is 0 Å². The summed E-state index contributed by atoms with van der Waals surface area (Å²) in [7, 11) is 1.76. The zero-order chi connectivity index (χ0) is 12.7. The highest BCUT2D eigenvalue weighted by Gasteiger charge is 2.17. The second-order valence-corrected chi connectivity index (χ2v) is 4.87. The molecule has 1 heterocycles. The summed E-state index contributed by atoms with van der Waals surface area (Å²) in [5.74, 6) is 0.306. The smallest absolute Gasteiger partial charge is 0.131 e. The van der Waals surface area contributed by atoms with Crippen molar-refractivity contribution in [3.05, 3.63) is 35.3 Å². The first-order valence-electron chi connectivity index (χ1n) is 6.26. The Balaban J connectivity index is 2.15. The van der Waals surface area contributed by atoms with Gasteiger partial charge in [-0.2, -0.15) is 5.10 Å². The van der Waals surface area contributed by atoms with Crippen molar-refractivity contribution in [1.82, 2.24) is 9.78 Å². The van der Waals surface area contributed by atoms with Gasteiger partial charge in [-0.05, 0) is 48.9 Å². The number of nitrogens with zero attached hydrogens (tertiary/aromatic N) is 2. The number of hydrogen-bond acceptors (Lipinski definition) is 2. The quantitative estimate of drug-likeness (QED) is 0.839. The Morgan fingerprint density at radius 3 is 2.44 bits per heavy atom. The predicted molar refractivity (Wildman–Crippen MR) is 69.7 cm³/mol. The summed E-state index contributed by atoms with van der Waals surface area (Å²) < 4.78 is 15.7. The van der Waals surface area contributed by atoms with Crippen molar-refractivity contribution >= 4 is 5.82 Å². The van der Waals surface area contributed by atoms with E-state index in [9.17, 15) is 4.39 Å². The first-order chi connectivity index (χ1) is 8.66. The van der Waals surface area contributed by atoms with Crippen LogP contribution in [0, 0.1) is 5.82 Å². The van der Waals surface area contributed by atoms with Gasteiger partial charge in [0, 0.05) is 18.2 Å². The molecule has 94 valence electrons. The molecule has 3 nitrogen and oxygen atoms in total. The molecule has 2 aromatic rings. The molecule has 2 N–H and O–H groups in total. The van der Waals surface area contributed by atoms with Crippen LogP contribution in [0.5, 0.6) is 0 Å². The minimum atomic E-state index is -0.199. The topological polar surface area (TPSA) is 43.8 Å². The molecule has 0 saturated carbocycles. The third-order valence-electron chi connectivity index (χ3n) is 3.71. The van der Waals surface area contributed by atoms with Crippen molar-refractivity contribution < 1.29 is 4.39 Å². The number of anilines is 1. The van der Waals surface area contributed by atoms with E-state index < -0.39 is 0 Å². The third-order valence-corrected chi connectivity index (χ3v) is 3.71. The molecule has 0 saturated heterocycles. The van der Waals surface area contributed by atoms with E-state index in [1.807, 2.05) is 6.07 Å². The lowest BCUT2D eigenvalue weighted by molar-refractivity contribution is 0.617. The number of aromatic nitrogens is 2. The third kappa shape index (κ3) is 1.68. The van der Waals surface area contributed by atoms with E-state index in [4.69, 9.17) is 5.73 Å². The molecule has 0 spiro atoms. The second kappa shape index (κ2) is 4.12. The molecular formula is C14H16FN3. The molecule has 0 unspecified atom stereocenters.